The Labute approximate surface area is 109 Å². The van der Waals surface area contributed by atoms with Gasteiger partial charge in [-0.25, -0.2) is 9.97 Å². The van der Waals surface area contributed by atoms with Crippen LogP contribution in [0, 0.1) is 0 Å². The highest BCUT2D eigenvalue weighted by Gasteiger charge is 2.01. The molecule has 0 unspecified atom stereocenters. The molecule has 2 rings (SSSR count). The van der Waals surface area contributed by atoms with Crippen LogP contribution in [0.25, 0.3) is 0 Å². The minimum atomic E-state index is -0.0582. The summed E-state index contributed by atoms with van der Waals surface area (Å²) in [6, 6.07) is 9.35. The van der Waals surface area contributed by atoms with Crippen LogP contribution in [0.1, 0.15) is 11.5 Å². The molecule has 17 heavy (non-hydrogen) atoms. The molecule has 0 aliphatic rings. The normalized spacial score (nSPS) is 10.5. The third-order valence-corrected chi connectivity index (χ3v) is 3.31. The van der Waals surface area contributed by atoms with Crippen molar-refractivity contribution >= 4 is 23.4 Å². The van der Waals surface area contributed by atoms with Crippen molar-refractivity contribution in [2.24, 2.45) is 0 Å². The van der Waals surface area contributed by atoms with Gasteiger partial charge in [-0.3, -0.25) is 0 Å². The number of aromatic nitrogens is 2. The van der Waals surface area contributed by atoms with E-state index in [1.165, 1.54) is 0 Å². The summed E-state index contributed by atoms with van der Waals surface area (Å²) in [5.74, 6) is 1.37. The average molecular weight is 267 g/mol. The van der Waals surface area contributed by atoms with E-state index in [9.17, 15) is 0 Å². The molecule has 1 aromatic heterocycles. The van der Waals surface area contributed by atoms with E-state index in [1.54, 1.807) is 24.0 Å². The fourth-order valence-electron chi connectivity index (χ4n) is 1.30. The van der Waals surface area contributed by atoms with Gasteiger partial charge in [0.1, 0.15) is 5.82 Å². The van der Waals surface area contributed by atoms with Crippen LogP contribution in [0.3, 0.4) is 0 Å². The summed E-state index contributed by atoms with van der Waals surface area (Å²) in [5.41, 5.74) is 0.640. The quantitative estimate of drug-likeness (QED) is 0.865. The van der Waals surface area contributed by atoms with E-state index < -0.39 is 0 Å². The second-order valence-corrected chi connectivity index (χ2v) is 4.85. The van der Waals surface area contributed by atoms with Crippen LogP contribution in [0.5, 0.6) is 0 Å². The van der Waals surface area contributed by atoms with Crippen LogP contribution in [-0.4, -0.2) is 15.1 Å². The van der Waals surface area contributed by atoms with Crippen molar-refractivity contribution in [1.29, 1.82) is 0 Å². The molecule has 3 nitrogen and oxygen atoms in total. The number of thioether (sulfide) groups is 1. The third-order valence-electron chi connectivity index (χ3n) is 2.09. The molecule has 0 amide bonds. The Kier molecular flexibility index (Phi) is 4.36. The molecule has 88 valence electrons. The molecule has 0 bridgehead atoms. The number of rotatable bonds is 4. The fraction of sp³-hybridized carbons (Fsp3) is 0.167. The average Bonchev–Trinajstić information content (AvgIpc) is 2.37. The topological polar surface area (TPSA) is 46.0 Å². The SMILES string of the molecule is OCc1ccnc(CSc2cccc(Cl)c2)n1. The number of aliphatic hydroxyl groups is 1. The molecule has 0 atom stereocenters. The minimum Gasteiger partial charge on any atom is -0.390 e. The van der Waals surface area contributed by atoms with Gasteiger partial charge in [-0.1, -0.05) is 17.7 Å². The standard InChI is InChI=1S/C12H11ClN2OS/c13-9-2-1-3-11(6-9)17-8-12-14-5-4-10(7-16)15-12/h1-6,16H,7-8H2. The number of halogens is 1. The zero-order valence-corrected chi connectivity index (χ0v) is 10.6. The second-order valence-electron chi connectivity index (χ2n) is 3.37. The van der Waals surface area contributed by atoms with Crippen LogP contribution in [-0.2, 0) is 12.4 Å². The third kappa shape index (κ3) is 3.70. The summed E-state index contributed by atoms with van der Waals surface area (Å²) >= 11 is 7.51. The Morgan fingerprint density at radius 2 is 2.18 bits per heavy atom. The number of aliphatic hydroxyl groups excluding tert-OH is 1. The first-order valence-corrected chi connectivity index (χ1v) is 6.44. The first-order valence-electron chi connectivity index (χ1n) is 5.08. The fourth-order valence-corrected chi connectivity index (χ4v) is 2.38. The van der Waals surface area contributed by atoms with Gasteiger partial charge in [0, 0.05) is 16.1 Å². The van der Waals surface area contributed by atoms with E-state index >= 15 is 0 Å². The molecule has 0 saturated heterocycles. The van der Waals surface area contributed by atoms with Gasteiger partial charge in [0.2, 0.25) is 0 Å². The summed E-state index contributed by atoms with van der Waals surface area (Å²) in [7, 11) is 0. The first-order chi connectivity index (χ1) is 8.28. The summed E-state index contributed by atoms with van der Waals surface area (Å²) in [5, 5.41) is 9.69. The molecule has 0 saturated carbocycles. The molecule has 0 aliphatic carbocycles. The van der Waals surface area contributed by atoms with Crippen molar-refractivity contribution in [3.8, 4) is 0 Å². The molecule has 1 N–H and O–H groups in total. The predicted octanol–water partition coefficient (Wildman–Crippen LogP) is 2.91. The lowest BCUT2D eigenvalue weighted by atomic mass is 10.4. The molecule has 0 spiro atoms. The first kappa shape index (κ1) is 12.4. The maximum absolute atomic E-state index is 8.97. The van der Waals surface area contributed by atoms with Gasteiger partial charge in [0.05, 0.1) is 18.1 Å². The Hall–Kier alpha value is -1.10. The van der Waals surface area contributed by atoms with Crippen LogP contribution in [0.4, 0.5) is 0 Å². The molecule has 0 radical (unpaired) electrons. The highest BCUT2D eigenvalue weighted by atomic mass is 35.5. The summed E-state index contributed by atoms with van der Waals surface area (Å²) in [6.07, 6.45) is 1.66. The van der Waals surface area contributed by atoms with Crippen LogP contribution in [0.15, 0.2) is 41.4 Å². The van der Waals surface area contributed by atoms with Crippen LogP contribution in [0.2, 0.25) is 5.02 Å². The van der Waals surface area contributed by atoms with E-state index in [0.29, 0.717) is 17.3 Å². The van der Waals surface area contributed by atoms with Crippen molar-refractivity contribution in [2.45, 2.75) is 17.3 Å². The van der Waals surface area contributed by atoms with Gasteiger partial charge in [-0.2, -0.15) is 0 Å². The molecule has 5 heteroatoms. The van der Waals surface area contributed by atoms with Crippen molar-refractivity contribution in [3.63, 3.8) is 0 Å². The lowest BCUT2D eigenvalue weighted by Gasteiger charge is -2.02. The van der Waals surface area contributed by atoms with Gasteiger partial charge in [-0.05, 0) is 24.3 Å². The summed E-state index contributed by atoms with van der Waals surface area (Å²) in [6.45, 7) is -0.0582. The molecule has 1 aromatic carbocycles. The van der Waals surface area contributed by atoms with Crippen molar-refractivity contribution in [3.05, 3.63) is 53.1 Å². The highest BCUT2D eigenvalue weighted by molar-refractivity contribution is 7.98. The number of benzene rings is 1. The zero-order valence-electron chi connectivity index (χ0n) is 9.01. The molecular weight excluding hydrogens is 256 g/mol. The van der Waals surface area contributed by atoms with Gasteiger partial charge >= 0.3 is 0 Å². The largest absolute Gasteiger partial charge is 0.390 e. The van der Waals surface area contributed by atoms with E-state index in [2.05, 4.69) is 9.97 Å². The molecule has 1 heterocycles. The number of hydrogen-bond donors (Lipinski definition) is 1. The Morgan fingerprint density at radius 3 is 2.94 bits per heavy atom. The van der Waals surface area contributed by atoms with Gasteiger partial charge in [0.25, 0.3) is 0 Å². The lowest BCUT2D eigenvalue weighted by molar-refractivity contribution is 0.276. The minimum absolute atomic E-state index is 0.0582. The molecule has 0 fully saturated rings. The van der Waals surface area contributed by atoms with E-state index in [-0.39, 0.29) is 6.61 Å². The maximum atomic E-state index is 8.97. The number of hydrogen-bond acceptors (Lipinski definition) is 4. The molecule has 2 aromatic rings. The monoisotopic (exact) mass is 266 g/mol. The number of nitrogens with zero attached hydrogens (tertiary/aromatic N) is 2. The van der Waals surface area contributed by atoms with Gasteiger partial charge in [0.15, 0.2) is 0 Å². The van der Waals surface area contributed by atoms with E-state index in [1.807, 2.05) is 24.3 Å². The summed E-state index contributed by atoms with van der Waals surface area (Å²) in [4.78, 5) is 9.44. The Balaban J connectivity index is 2.02. The van der Waals surface area contributed by atoms with Gasteiger partial charge in [-0.15, -0.1) is 11.8 Å². The maximum Gasteiger partial charge on any atom is 0.138 e. The van der Waals surface area contributed by atoms with Crippen LogP contribution < -0.4 is 0 Å². The van der Waals surface area contributed by atoms with Crippen LogP contribution >= 0.6 is 23.4 Å². The Bertz CT molecular complexity index is 507. The molecule has 0 aliphatic heterocycles. The highest BCUT2D eigenvalue weighted by Crippen LogP contribution is 2.23. The van der Waals surface area contributed by atoms with Crippen molar-refractivity contribution < 1.29 is 5.11 Å². The van der Waals surface area contributed by atoms with E-state index in [0.717, 1.165) is 9.92 Å². The summed E-state index contributed by atoms with van der Waals surface area (Å²) < 4.78 is 0. The second kappa shape index (κ2) is 6.00. The van der Waals surface area contributed by atoms with Crippen molar-refractivity contribution in [2.75, 3.05) is 0 Å². The van der Waals surface area contributed by atoms with Crippen molar-refractivity contribution in [1.82, 2.24) is 9.97 Å². The lowest BCUT2D eigenvalue weighted by Crippen LogP contribution is -1.96. The Morgan fingerprint density at radius 1 is 1.29 bits per heavy atom. The van der Waals surface area contributed by atoms with E-state index in [4.69, 9.17) is 16.7 Å². The zero-order chi connectivity index (χ0) is 12.1. The smallest absolute Gasteiger partial charge is 0.138 e. The predicted molar refractivity (Wildman–Crippen MR) is 69.0 cm³/mol. The van der Waals surface area contributed by atoms with Gasteiger partial charge < -0.3 is 5.11 Å². The molecular formula is C12H11ClN2OS.